The first kappa shape index (κ1) is 18.5. The van der Waals surface area contributed by atoms with Gasteiger partial charge in [0.2, 0.25) is 5.91 Å². The quantitative estimate of drug-likeness (QED) is 0.897. The molecule has 0 aliphatic carbocycles. The van der Waals surface area contributed by atoms with E-state index in [1.807, 2.05) is 43.9 Å². The third kappa shape index (κ3) is 4.57. The minimum atomic E-state index is 0.0682. The van der Waals surface area contributed by atoms with Crippen LogP contribution in [0, 0.1) is 13.8 Å². The van der Waals surface area contributed by atoms with E-state index in [0.29, 0.717) is 19.6 Å². The first-order valence-corrected chi connectivity index (χ1v) is 8.79. The molecule has 1 heterocycles. The van der Waals surface area contributed by atoms with Crippen molar-refractivity contribution in [3.05, 3.63) is 34.9 Å². The largest absolute Gasteiger partial charge is 0.353 e. The molecule has 1 atom stereocenters. The van der Waals surface area contributed by atoms with E-state index in [4.69, 9.17) is 0 Å². The minimum Gasteiger partial charge on any atom is -0.353 e. The molecule has 5 nitrogen and oxygen atoms in total. The van der Waals surface area contributed by atoms with Crippen LogP contribution in [0.5, 0.6) is 0 Å². The number of nitrogens with one attached hydrogen (secondary N) is 1. The van der Waals surface area contributed by atoms with Crippen molar-refractivity contribution in [2.75, 3.05) is 32.7 Å². The predicted octanol–water partition coefficient (Wildman–Crippen LogP) is 1.98. The molecule has 24 heavy (non-hydrogen) atoms. The molecule has 0 aromatic heterocycles. The molecule has 2 amide bonds. The summed E-state index contributed by atoms with van der Waals surface area (Å²) < 4.78 is 0. The van der Waals surface area contributed by atoms with Gasteiger partial charge >= 0.3 is 0 Å². The Kier molecular flexibility index (Phi) is 6.37. The van der Waals surface area contributed by atoms with Gasteiger partial charge in [0.25, 0.3) is 5.91 Å². The van der Waals surface area contributed by atoms with Gasteiger partial charge in [-0.15, -0.1) is 0 Å². The number of benzene rings is 1. The standard InChI is InChI=1S/C19H29N3O2/c1-5-15(3)20-18(23)13-21-9-11-22(12-10-21)19(24)17-8-6-7-14(2)16(17)4/h6-8,15H,5,9-13H2,1-4H3,(H,20,23). The lowest BCUT2D eigenvalue weighted by Gasteiger charge is -2.34. The zero-order chi connectivity index (χ0) is 17.7. The van der Waals surface area contributed by atoms with Gasteiger partial charge in [-0.2, -0.15) is 0 Å². The summed E-state index contributed by atoms with van der Waals surface area (Å²) in [5, 5.41) is 2.99. The van der Waals surface area contributed by atoms with Gasteiger partial charge < -0.3 is 10.2 Å². The Hall–Kier alpha value is -1.88. The van der Waals surface area contributed by atoms with E-state index in [1.165, 1.54) is 0 Å². The Morgan fingerprint density at radius 1 is 1.17 bits per heavy atom. The molecule has 1 aliphatic heterocycles. The first-order valence-electron chi connectivity index (χ1n) is 8.79. The number of nitrogens with zero attached hydrogens (tertiary/aromatic N) is 2. The Balaban J connectivity index is 1.87. The third-order valence-electron chi connectivity index (χ3n) is 4.88. The molecule has 0 bridgehead atoms. The third-order valence-corrected chi connectivity index (χ3v) is 4.88. The summed E-state index contributed by atoms with van der Waals surface area (Å²) in [6, 6.07) is 6.08. The lowest BCUT2D eigenvalue weighted by Crippen LogP contribution is -2.51. The summed E-state index contributed by atoms with van der Waals surface area (Å²) in [7, 11) is 0. The van der Waals surface area contributed by atoms with E-state index in [1.54, 1.807) is 0 Å². The van der Waals surface area contributed by atoms with E-state index >= 15 is 0 Å². The van der Waals surface area contributed by atoms with Gasteiger partial charge in [0.15, 0.2) is 0 Å². The van der Waals surface area contributed by atoms with Gasteiger partial charge in [0.1, 0.15) is 0 Å². The topological polar surface area (TPSA) is 52.7 Å². The lowest BCUT2D eigenvalue weighted by atomic mass is 10.0. The molecule has 1 N–H and O–H groups in total. The van der Waals surface area contributed by atoms with Crippen molar-refractivity contribution in [2.24, 2.45) is 0 Å². The second kappa shape index (κ2) is 8.29. The highest BCUT2D eigenvalue weighted by molar-refractivity contribution is 5.96. The molecule has 0 saturated carbocycles. The van der Waals surface area contributed by atoms with Crippen LogP contribution in [-0.2, 0) is 4.79 Å². The number of hydrogen-bond acceptors (Lipinski definition) is 3. The van der Waals surface area contributed by atoms with Crippen LogP contribution in [-0.4, -0.2) is 60.4 Å². The van der Waals surface area contributed by atoms with Crippen LogP contribution < -0.4 is 5.32 Å². The molecule has 1 saturated heterocycles. The molecule has 2 rings (SSSR count). The SMILES string of the molecule is CCC(C)NC(=O)CN1CCN(C(=O)c2cccc(C)c2C)CC1. The van der Waals surface area contributed by atoms with Gasteiger partial charge in [-0.3, -0.25) is 14.5 Å². The second-order valence-electron chi connectivity index (χ2n) is 6.69. The molecule has 1 aliphatic rings. The van der Waals surface area contributed by atoms with E-state index in [-0.39, 0.29) is 17.9 Å². The number of piperazine rings is 1. The molecule has 0 radical (unpaired) electrons. The van der Waals surface area contributed by atoms with E-state index in [2.05, 4.69) is 17.1 Å². The van der Waals surface area contributed by atoms with Crippen molar-refractivity contribution >= 4 is 11.8 Å². The number of rotatable bonds is 5. The Morgan fingerprint density at radius 2 is 1.83 bits per heavy atom. The summed E-state index contributed by atoms with van der Waals surface area (Å²) in [4.78, 5) is 28.7. The van der Waals surface area contributed by atoms with E-state index in [0.717, 1.165) is 36.2 Å². The van der Waals surface area contributed by atoms with Crippen molar-refractivity contribution in [1.82, 2.24) is 15.1 Å². The fraction of sp³-hybridized carbons (Fsp3) is 0.579. The molecular formula is C19H29N3O2. The molecular weight excluding hydrogens is 302 g/mol. The van der Waals surface area contributed by atoms with Crippen molar-refractivity contribution in [3.8, 4) is 0 Å². The maximum Gasteiger partial charge on any atom is 0.254 e. The van der Waals surface area contributed by atoms with Gasteiger partial charge in [-0.05, 0) is 44.4 Å². The minimum absolute atomic E-state index is 0.0682. The normalized spacial score (nSPS) is 16.8. The van der Waals surface area contributed by atoms with Crippen LogP contribution >= 0.6 is 0 Å². The second-order valence-corrected chi connectivity index (χ2v) is 6.69. The van der Waals surface area contributed by atoms with E-state index in [9.17, 15) is 9.59 Å². The lowest BCUT2D eigenvalue weighted by molar-refractivity contribution is -0.123. The average molecular weight is 331 g/mol. The maximum absolute atomic E-state index is 12.7. The van der Waals surface area contributed by atoms with Crippen LogP contribution in [0.1, 0.15) is 41.8 Å². The molecule has 5 heteroatoms. The number of aryl methyl sites for hydroxylation is 1. The van der Waals surface area contributed by atoms with Crippen molar-refractivity contribution < 1.29 is 9.59 Å². The molecule has 1 fully saturated rings. The Morgan fingerprint density at radius 3 is 2.46 bits per heavy atom. The van der Waals surface area contributed by atoms with Crippen molar-refractivity contribution in [1.29, 1.82) is 0 Å². The molecule has 1 aromatic rings. The number of amides is 2. The molecule has 0 spiro atoms. The summed E-state index contributed by atoms with van der Waals surface area (Å²) in [6.45, 7) is 11.3. The number of hydrogen-bond donors (Lipinski definition) is 1. The molecule has 132 valence electrons. The number of carbonyl (C=O) groups is 2. The fourth-order valence-corrected chi connectivity index (χ4v) is 2.89. The van der Waals surface area contributed by atoms with Gasteiger partial charge in [-0.1, -0.05) is 19.1 Å². The summed E-state index contributed by atoms with van der Waals surface area (Å²) >= 11 is 0. The predicted molar refractivity (Wildman–Crippen MR) is 96.2 cm³/mol. The van der Waals surface area contributed by atoms with Crippen LogP contribution in [0.3, 0.4) is 0 Å². The molecule has 1 unspecified atom stereocenters. The average Bonchev–Trinajstić information content (AvgIpc) is 2.57. The zero-order valence-electron chi connectivity index (χ0n) is 15.3. The summed E-state index contributed by atoms with van der Waals surface area (Å²) in [6.07, 6.45) is 0.934. The van der Waals surface area contributed by atoms with E-state index < -0.39 is 0 Å². The highest BCUT2D eigenvalue weighted by Gasteiger charge is 2.24. The Labute approximate surface area is 145 Å². The highest BCUT2D eigenvalue weighted by Crippen LogP contribution is 2.16. The van der Waals surface area contributed by atoms with Gasteiger partial charge in [-0.25, -0.2) is 0 Å². The van der Waals surface area contributed by atoms with Crippen LogP contribution in [0.25, 0.3) is 0 Å². The smallest absolute Gasteiger partial charge is 0.254 e. The van der Waals surface area contributed by atoms with Gasteiger partial charge in [0, 0.05) is 37.8 Å². The van der Waals surface area contributed by atoms with Crippen LogP contribution in [0.4, 0.5) is 0 Å². The van der Waals surface area contributed by atoms with Gasteiger partial charge in [0.05, 0.1) is 6.54 Å². The molecule has 1 aromatic carbocycles. The summed E-state index contributed by atoms with van der Waals surface area (Å²) in [5.74, 6) is 0.165. The fourth-order valence-electron chi connectivity index (χ4n) is 2.89. The zero-order valence-corrected chi connectivity index (χ0v) is 15.3. The van der Waals surface area contributed by atoms with Crippen molar-refractivity contribution in [2.45, 2.75) is 40.2 Å². The van der Waals surface area contributed by atoms with Crippen LogP contribution in [0.15, 0.2) is 18.2 Å². The highest BCUT2D eigenvalue weighted by atomic mass is 16.2. The van der Waals surface area contributed by atoms with Crippen molar-refractivity contribution in [3.63, 3.8) is 0 Å². The van der Waals surface area contributed by atoms with Crippen LogP contribution in [0.2, 0.25) is 0 Å². The first-order chi connectivity index (χ1) is 11.4. The number of carbonyl (C=O) groups excluding carboxylic acids is 2. The monoisotopic (exact) mass is 331 g/mol. The summed E-state index contributed by atoms with van der Waals surface area (Å²) in [5.41, 5.74) is 2.98. The maximum atomic E-state index is 12.7. The Bertz CT molecular complexity index is 592.